The van der Waals surface area contributed by atoms with Gasteiger partial charge in [0.05, 0.1) is 17.1 Å². The van der Waals surface area contributed by atoms with Gasteiger partial charge in [-0.2, -0.15) is 0 Å². The van der Waals surface area contributed by atoms with Gasteiger partial charge < -0.3 is 9.47 Å². The molecule has 1 heterocycles. The summed E-state index contributed by atoms with van der Waals surface area (Å²) in [4.78, 5) is 33.1. The lowest BCUT2D eigenvalue weighted by atomic mass is 10.1. The standard InChI is InChI=1S/C12H11NO6/c1-7-6-8(2-3-9(7)13(16)17)11(14)19-10-4-5-18-12(10)15/h2-3,6,10H,4-5H2,1H3/t10-/m1/s1. The molecule has 0 radical (unpaired) electrons. The van der Waals surface area contributed by atoms with Crippen molar-refractivity contribution in [1.82, 2.24) is 0 Å². The average Bonchev–Trinajstić information content (AvgIpc) is 2.74. The maximum Gasteiger partial charge on any atom is 0.347 e. The zero-order valence-corrected chi connectivity index (χ0v) is 10.1. The molecule has 1 aromatic carbocycles. The predicted molar refractivity (Wildman–Crippen MR) is 62.6 cm³/mol. The van der Waals surface area contributed by atoms with E-state index in [0.717, 1.165) is 0 Å². The molecule has 0 aromatic heterocycles. The molecule has 0 N–H and O–H groups in total. The van der Waals surface area contributed by atoms with Gasteiger partial charge in [0, 0.05) is 18.1 Å². The van der Waals surface area contributed by atoms with Crippen molar-refractivity contribution in [3.8, 4) is 0 Å². The first-order valence-electron chi connectivity index (χ1n) is 5.61. The Morgan fingerprint density at radius 3 is 2.79 bits per heavy atom. The Balaban J connectivity index is 2.13. The van der Waals surface area contributed by atoms with Crippen molar-refractivity contribution in [1.29, 1.82) is 0 Å². The van der Waals surface area contributed by atoms with Crippen LogP contribution in [0.5, 0.6) is 0 Å². The number of aryl methyl sites for hydroxylation is 1. The number of nitro benzene ring substituents is 1. The molecule has 0 unspecified atom stereocenters. The quantitative estimate of drug-likeness (QED) is 0.465. The molecule has 19 heavy (non-hydrogen) atoms. The molecular formula is C12H11NO6. The first-order valence-corrected chi connectivity index (χ1v) is 5.61. The third-order valence-corrected chi connectivity index (χ3v) is 2.77. The van der Waals surface area contributed by atoms with Gasteiger partial charge in [-0.25, -0.2) is 9.59 Å². The van der Waals surface area contributed by atoms with Gasteiger partial charge in [-0.3, -0.25) is 10.1 Å². The molecule has 1 aliphatic heterocycles. The van der Waals surface area contributed by atoms with E-state index in [-0.39, 0.29) is 17.9 Å². The molecule has 1 aliphatic rings. The summed E-state index contributed by atoms with van der Waals surface area (Å²) in [5.41, 5.74) is 0.452. The van der Waals surface area contributed by atoms with Crippen molar-refractivity contribution >= 4 is 17.6 Å². The van der Waals surface area contributed by atoms with Gasteiger partial charge in [0.15, 0.2) is 0 Å². The van der Waals surface area contributed by atoms with Gasteiger partial charge in [-0.1, -0.05) is 0 Å². The SMILES string of the molecule is Cc1cc(C(=O)O[C@@H]2CCOC2=O)ccc1[N+](=O)[O-]. The van der Waals surface area contributed by atoms with E-state index >= 15 is 0 Å². The van der Waals surface area contributed by atoms with Gasteiger partial charge in [0.25, 0.3) is 5.69 Å². The summed E-state index contributed by atoms with van der Waals surface area (Å²) in [6, 6.07) is 3.90. The molecule has 0 spiro atoms. The monoisotopic (exact) mass is 265 g/mol. The molecule has 0 aliphatic carbocycles. The topological polar surface area (TPSA) is 95.7 Å². The van der Waals surface area contributed by atoms with Gasteiger partial charge in [-0.05, 0) is 19.1 Å². The molecule has 7 nitrogen and oxygen atoms in total. The highest BCUT2D eigenvalue weighted by Crippen LogP contribution is 2.20. The van der Waals surface area contributed by atoms with Crippen molar-refractivity contribution in [2.75, 3.05) is 6.61 Å². The molecule has 0 amide bonds. The van der Waals surface area contributed by atoms with Crippen LogP contribution in [0.2, 0.25) is 0 Å². The molecule has 7 heteroatoms. The van der Waals surface area contributed by atoms with Crippen LogP contribution in [0.4, 0.5) is 5.69 Å². The molecule has 0 bridgehead atoms. The average molecular weight is 265 g/mol. The van der Waals surface area contributed by atoms with Crippen molar-refractivity contribution in [2.45, 2.75) is 19.4 Å². The first-order chi connectivity index (χ1) is 8.99. The summed E-state index contributed by atoms with van der Waals surface area (Å²) >= 11 is 0. The zero-order chi connectivity index (χ0) is 14.0. The van der Waals surface area contributed by atoms with E-state index in [9.17, 15) is 19.7 Å². The zero-order valence-electron chi connectivity index (χ0n) is 10.1. The second-order valence-corrected chi connectivity index (χ2v) is 4.11. The highest BCUT2D eigenvalue weighted by Gasteiger charge is 2.30. The number of cyclic esters (lactones) is 1. The van der Waals surface area contributed by atoms with Crippen LogP contribution < -0.4 is 0 Å². The number of carbonyl (C=O) groups is 2. The molecule has 0 saturated carbocycles. The van der Waals surface area contributed by atoms with Crippen LogP contribution in [-0.4, -0.2) is 29.6 Å². The minimum atomic E-state index is -0.886. The van der Waals surface area contributed by atoms with Crippen LogP contribution in [-0.2, 0) is 14.3 Å². The number of nitro groups is 1. The third-order valence-electron chi connectivity index (χ3n) is 2.77. The van der Waals surface area contributed by atoms with Crippen molar-refractivity contribution < 1.29 is 24.0 Å². The fourth-order valence-corrected chi connectivity index (χ4v) is 1.77. The number of hydrogen-bond acceptors (Lipinski definition) is 6. The number of carbonyl (C=O) groups excluding carboxylic acids is 2. The highest BCUT2D eigenvalue weighted by atomic mass is 16.6. The van der Waals surface area contributed by atoms with Gasteiger partial charge >= 0.3 is 11.9 Å². The van der Waals surface area contributed by atoms with E-state index in [0.29, 0.717) is 12.0 Å². The van der Waals surface area contributed by atoms with Crippen LogP contribution in [0, 0.1) is 17.0 Å². The summed E-state index contributed by atoms with van der Waals surface area (Å²) in [5.74, 6) is -1.26. The van der Waals surface area contributed by atoms with Crippen LogP contribution in [0.1, 0.15) is 22.3 Å². The van der Waals surface area contributed by atoms with Crippen molar-refractivity contribution in [3.05, 3.63) is 39.4 Å². The Labute approximate surface area is 108 Å². The third kappa shape index (κ3) is 2.70. The van der Waals surface area contributed by atoms with Crippen molar-refractivity contribution in [3.63, 3.8) is 0 Å². The second kappa shape index (κ2) is 5.05. The summed E-state index contributed by atoms with van der Waals surface area (Å²) < 4.78 is 9.65. The van der Waals surface area contributed by atoms with E-state index < -0.39 is 23.0 Å². The highest BCUT2D eigenvalue weighted by molar-refractivity contribution is 5.92. The van der Waals surface area contributed by atoms with Crippen LogP contribution in [0.15, 0.2) is 18.2 Å². The minimum Gasteiger partial charge on any atom is -0.463 e. The molecule has 1 aromatic rings. The number of nitrogens with zero attached hydrogens (tertiary/aromatic N) is 1. The number of hydrogen-bond donors (Lipinski definition) is 0. The largest absolute Gasteiger partial charge is 0.463 e. The van der Waals surface area contributed by atoms with Crippen LogP contribution in [0.25, 0.3) is 0 Å². The maximum absolute atomic E-state index is 11.8. The number of rotatable bonds is 3. The van der Waals surface area contributed by atoms with E-state index in [1.807, 2.05) is 0 Å². The van der Waals surface area contributed by atoms with E-state index in [1.165, 1.54) is 25.1 Å². The lowest BCUT2D eigenvalue weighted by Gasteiger charge is -2.08. The fourth-order valence-electron chi connectivity index (χ4n) is 1.77. The number of benzene rings is 1. The van der Waals surface area contributed by atoms with Gasteiger partial charge in [0.1, 0.15) is 0 Å². The van der Waals surface area contributed by atoms with Crippen molar-refractivity contribution in [2.24, 2.45) is 0 Å². The summed E-state index contributed by atoms with van der Waals surface area (Å²) in [6.45, 7) is 1.76. The number of esters is 2. The van der Waals surface area contributed by atoms with E-state index in [1.54, 1.807) is 0 Å². The Morgan fingerprint density at radius 2 is 2.26 bits per heavy atom. The first kappa shape index (κ1) is 13.0. The summed E-state index contributed by atoms with van der Waals surface area (Å²) in [7, 11) is 0. The minimum absolute atomic E-state index is 0.0724. The van der Waals surface area contributed by atoms with Gasteiger partial charge in [0.2, 0.25) is 6.10 Å². The second-order valence-electron chi connectivity index (χ2n) is 4.11. The predicted octanol–water partition coefficient (Wildman–Crippen LogP) is 1.38. The Kier molecular flexibility index (Phi) is 3.46. The van der Waals surface area contributed by atoms with Crippen LogP contribution in [0.3, 0.4) is 0 Å². The lowest BCUT2D eigenvalue weighted by Crippen LogP contribution is -2.22. The Bertz CT molecular complexity index is 553. The Morgan fingerprint density at radius 1 is 1.53 bits per heavy atom. The smallest absolute Gasteiger partial charge is 0.347 e. The molecule has 100 valence electrons. The molecule has 1 saturated heterocycles. The maximum atomic E-state index is 11.8. The summed E-state index contributed by atoms with van der Waals surface area (Å²) in [6.07, 6.45) is -0.556. The van der Waals surface area contributed by atoms with E-state index in [4.69, 9.17) is 4.74 Å². The molecule has 1 atom stereocenters. The van der Waals surface area contributed by atoms with Crippen LogP contribution >= 0.6 is 0 Å². The normalized spacial score (nSPS) is 17.9. The lowest BCUT2D eigenvalue weighted by molar-refractivity contribution is -0.385. The number of ether oxygens (including phenoxy) is 2. The molecule has 1 fully saturated rings. The summed E-state index contributed by atoms with van der Waals surface area (Å²) in [5, 5.41) is 10.7. The molecular weight excluding hydrogens is 254 g/mol. The molecule has 2 rings (SSSR count). The fraction of sp³-hybridized carbons (Fsp3) is 0.333. The van der Waals surface area contributed by atoms with Gasteiger partial charge in [-0.15, -0.1) is 0 Å². The van der Waals surface area contributed by atoms with E-state index in [2.05, 4.69) is 4.74 Å². The Hall–Kier alpha value is -2.44.